The fourth-order valence-electron chi connectivity index (χ4n) is 2.45. The predicted octanol–water partition coefficient (Wildman–Crippen LogP) is 3.58. The number of hydrogen-bond acceptors (Lipinski definition) is 3. The van der Waals surface area contributed by atoms with E-state index < -0.39 is 11.9 Å². The number of aromatic nitrogens is 1. The second kappa shape index (κ2) is 5.77. The van der Waals surface area contributed by atoms with Crippen LogP contribution in [0.25, 0.3) is 10.9 Å². The van der Waals surface area contributed by atoms with Gasteiger partial charge < -0.3 is 0 Å². The summed E-state index contributed by atoms with van der Waals surface area (Å²) in [5.74, 6) is 5.18. The molecule has 2 aromatic carbocycles. The van der Waals surface area contributed by atoms with Crippen molar-refractivity contribution in [3.05, 3.63) is 76.7 Å². The van der Waals surface area contributed by atoms with E-state index >= 15 is 0 Å². The van der Waals surface area contributed by atoms with Crippen molar-refractivity contribution in [2.45, 2.75) is 6.04 Å². The minimum absolute atomic E-state index is 0.0703. The molecule has 0 spiro atoms. The predicted molar refractivity (Wildman–Crippen MR) is 82.3 cm³/mol. The number of pyridine rings is 1. The third kappa shape index (κ3) is 2.49. The van der Waals surface area contributed by atoms with Crippen LogP contribution in [0.4, 0.5) is 4.39 Å². The lowest BCUT2D eigenvalue weighted by Gasteiger charge is -2.19. The molecule has 1 atom stereocenters. The molecule has 0 radical (unpaired) electrons. The van der Waals surface area contributed by atoms with Gasteiger partial charge in [0.2, 0.25) is 0 Å². The number of nitrogens with zero attached hydrogens (tertiary/aromatic N) is 1. The maximum absolute atomic E-state index is 14.3. The third-order valence-corrected chi connectivity index (χ3v) is 3.73. The van der Waals surface area contributed by atoms with Crippen LogP contribution in [0.2, 0.25) is 5.02 Å². The summed E-state index contributed by atoms with van der Waals surface area (Å²) in [6.45, 7) is 0. The van der Waals surface area contributed by atoms with E-state index in [9.17, 15) is 4.39 Å². The Morgan fingerprint density at radius 3 is 2.57 bits per heavy atom. The molecule has 1 aromatic heterocycles. The van der Waals surface area contributed by atoms with E-state index in [0.29, 0.717) is 5.56 Å². The van der Waals surface area contributed by atoms with Gasteiger partial charge in [-0.05, 0) is 12.1 Å². The van der Waals surface area contributed by atoms with Crippen molar-refractivity contribution >= 4 is 22.5 Å². The highest BCUT2D eigenvalue weighted by atomic mass is 35.5. The Morgan fingerprint density at radius 2 is 1.76 bits per heavy atom. The van der Waals surface area contributed by atoms with Gasteiger partial charge in [0.25, 0.3) is 0 Å². The van der Waals surface area contributed by atoms with E-state index in [1.807, 2.05) is 30.3 Å². The van der Waals surface area contributed by atoms with Crippen LogP contribution in [-0.4, -0.2) is 4.98 Å². The van der Waals surface area contributed by atoms with Crippen molar-refractivity contribution in [3.8, 4) is 0 Å². The number of halogens is 2. The summed E-state index contributed by atoms with van der Waals surface area (Å²) >= 11 is 5.86. The molecule has 1 heterocycles. The van der Waals surface area contributed by atoms with Gasteiger partial charge in [0.15, 0.2) is 0 Å². The van der Waals surface area contributed by atoms with Gasteiger partial charge in [0.1, 0.15) is 5.82 Å². The minimum atomic E-state index is -0.526. The van der Waals surface area contributed by atoms with Gasteiger partial charge in [-0.2, -0.15) is 0 Å². The van der Waals surface area contributed by atoms with Gasteiger partial charge in [-0.25, -0.2) is 9.82 Å². The fourth-order valence-corrected chi connectivity index (χ4v) is 2.63. The molecule has 21 heavy (non-hydrogen) atoms. The van der Waals surface area contributed by atoms with Gasteiger partial charge in [-0.1, -0.05) is 48.0 Å². The Labute approximate surface area is 126 Å². The van der Waals surface area contributed by atoms with Crippen LogP contribution in [0.5, 0.6) is 0 Å². The van der Waals surface area contributed by atoms with Crippen molar-refractivity contribution in [2.24, 2.45) is 5.84 Å². The zero-order valence-electron chi connectivity index (χ0n) is 11.1. The van der Waals surface area contributed by atoms with Crippen molar-refractivity contribution in [1.29, 1.82) is 0 Å². The van der Waals surface area contributed by atoms with Crippen LogP contribution in [0, 0.1) is 5.82 Å². The lowest BCUT2D eigenvalue weighted by Crippen LogP contribution is -2.29. The quantitative estimate of drug-likeness (QED) is 0.574. The van der Waals surface area contributed by atoms with Crippen molar-refractivity contribution in [3.63, 3.8) is 0 Å². The molecule has 0 saturated heterocycles. The first-order valence-corrected chi connectivity index (χ1v) is 6.84. The Hall–Kier alpha value is -2.01. The summed E-state index contributed by atoms with van der Waals surface area (Å²) in [6, 6.07) is 13.9. The van der Waals surface area contributed by atoms with Crippen molar-refractivity contribution < 1.29 is 4.39 Å². The molecule has 3 nitrogen and oxygen atoms in total. The third-order valence-electron chi connectivity index (χ3n) is 3.43. The van der Waals surface area contributed by atoms with Gasteiger partial charge in [0.05, 0.1) is 16.6 Å². The highest BCUT2D eigenvalue weighted by Gasteiger charge is 2.20. The number of hydrazine groups is 1. The van der Waals surface area contributed by atoms with Crippen LogP contribution in [0.1, 0.15) is 17.2 Å². The molecule has 106 valence electrons. The molecule has 0 amide bonds. The molecule has 0 fully saturated rings. The first kappa shape index (κ1) is 13.9. The van der Waals surface area contributed by atoms with E-state index in [-0.39, 0.29) is 5.02 Å². The van der Waals surface area contributed by atoms with Crippen LogP contribution in [-0.2, 0) is 0 Å². The lowest BCUT2D eigenvalue weighted by atomic mass is 9.96. The van der Waals surface area contributed by atoms with Crippen molar-refractivity contribution in [1.82, 2.24) is 10.4 Å². The SMILES string of the molecule is NNC(c1cccc(Cl)c1F)c1cccc2cccnc12. The smallest absolute Gasteiger partial charge is 0.146 e. The first-order chi connectivity index (χ1) is 10.2. The normalized spacial score (nSPS) is 12.5. The second-order valence-electron chi connectivity index (χ2n) is 4.67. The lowest BCUT2D eigenvalue weighted by molar-refractivity contribution is 0.562. The average molecular weight is 302 g/mol. The summed E-state index contributed by atoms with van der Waals surface area (Å²) in [6.07, 6.45) is 1.70. The van der Waals surface area contributed by atoms with Crippen LogP contribution < -0.4 is 11.3 Å². The summed E-state index contributed by atoms with van der Waals surface area (Å²) in [5, 5.41) is 1.04. The van der Waals surface area contributed by atoms with E-state index in [0.717, 1.165) is 16.5 Å². The average Bonchev–Trinajstić information content (AvgIpc) is 2.52. The monoisotopic (exact) mass is 301 g/mol. The Kier molecular flexibility index (Phi) is 3.84. The zero-order valence-corrected chi connectivity index (χ0v) is 11.8. The molecule has 3 aromatic rings. The summed E-state index contributed by atoms with van der Waals surface area (Å²) in [7, 11) is 0. The number of nitrogens with two attached hydrogens (primary N) is 1. The topological polar surface area (TPSA) is 50.9 Å². The molecule has 0 aliphatic heterocycles. The van der Waals surface area contributed by atoms with Crippen LogP contribution >= 0.6 is 11.6 Å². The Balaban J connectivity index is 2.21. The summed E-state index contributed by atoms with van der Waals surface area (Å²) < 4.78 is 14.3. The molecular weight excluding hydrogens is 289 g/mol. The number of rotatable bonds is 3. The van der Waals surface area contributed by atoms with Gasteiger partial charge >= 0.3 is 0 Å². The number of benzene rings is 2. The van der Waals surface area contributed by atoms with E-state index in [1.54, 1.807) is 18.3 Å². The molecule has 0 aliphatic carbocycles. The van der Waals surface area contributed by atoms with Crippen molar-refractivity contribution in [2.75, 3.05) is 0 Å². The fraction of sp³-hybridized carbons (Fsp3) is 0.0625. The van der Waals surface area contributed by atoms with E-state index in [1.165, 1.54) is 6.07 Å². The summed E-state index contributed by atoms with van der Waals surface area (Å²) in [4.78, 5) is 4.38. The van der Waals surface area contributed by atoms with Crippen LogP contribution in [0.3, 0.4) is 0 Å². The first-order valence-electron chi connectivity index (χ1n) is 6.46. The molecule has 0 aliphatic rings. The number of hydrogen-bond donors (Lipinski definition) is 2. The number of nitrogens with one attached hydrogen (secondary N) is 1. The minimum Gasteiger partial charge on any atom is -0.271 e. The van der Waals surface area contributed by atoms with Gasteiger partial charge in [0, 0.05) is 22.7 Å². The summed E-state index contributed by atoms with van der Waals surface area (Å²) in [5.41, 5.74) is 4.63. The molecule has 3 rings (SSSR count). The maximum atomic E-state index is 14.3. The highest BCUT2D eigenvalue weighted by molar-refractivity contribution is 6.30. The number of para-hydroxylation sites is 1. The van der Waals surface area contributed by atoms with E-state index in [4.69, 9.17) is 17.4 Å². The maximum Gasteiger partial charge on any atom is 0.146 e. The largest absolute Gasteiger partial charge is 0.271 e. The Bertz CT molecular complexity index is 786. The molecule has 0 bridgehead atoms. The van der Waals surface area contributed by atoms with Crippen LogP contribution in [0.15, 0.2) is 54.7 Å². The second-order valence-corrected chi connectivity index (χ2v) is 5.07. The molecule has 1 unspecified atom stereocenters. The molecular formula is C16H13ClFN3. The molecule has 0 saturated carbocycles. The van der Waals surface area contributed by atoms with Gasteiger partial charge in [-0.3, -0.25) is 10.8 Å². The Morgan fingerprint density at radius 1 is 1.05 bits per heavy atom. The standard InChI is InChI=1S/C16H13ClFN3/c17-13-8-2-6-11(14(13)18)16(21-19)12-7-1-4-10-5-3-9-20-15(10)12/h1-9,16,21H,19H2. The molecule has 5 heteroatoms. The van der Waals surface area contributed by atoms with Gasteiger partial charge in [-0.15, -0.1) is 0 Å². The highest BCUT2D eigenvalue weighted by Crippen LogP contribution is 2.30. The molecule has 3 N–H and O–H groups in total. The number of fused-ring (bicyclic) bond motifs is 1. The van der Waals surface area contributed by atoms with E-state index in [2.05, 4.69) is 10.4 Å². The zero-order chi connectivity index (χ0) is 14.8.